The van der Waals surface area contributed by atoms with E-state index in [9.17, 15) is 0 Å². The minimum Gasteiger partial charge on any atom is -0.491 e. The number of aromatic nitrogens is 4. The third-order valence-electron chi connectivity index (χ3n) is 6.21. The van der Waals surface area contributed by atoms with Gasteiger partial charge in [-0.1, -0.05) is 42.6 Å². The van der Waals surface area contributed by atoms with Crippen molar-refractivity contribution in [3.8, 4) is 17.0 Å². The lowest BCUT2D eigenvalue weighted by Gasteiger charge is -2.30. The van der Waals surface area contributed by atoms with Crippen molar-refractivity contribution in [3.05, 3.63) is 109 Å². The summed E-state index contributed by atoms with van der Waals surface area (Å²) in [5.74, 6) is 0.273. The van der Waals surface area contributed by atoms with Crippen LogP contribution in [0.2, 0.25) is 10.0 Å². The predicted octanol–water partition coefficient (Wildman–Crippen LogP) is 4.69. The Kier molecular flexibility index (Phi) is 15.5. The molecular formula is C28H33Cl2N7O10. The molecule has 0 saturated carbocycles. The van der Waals surface area contributed by atoms with Gasteiger partial charge in [0.15, 0.2) is 0 Å². The average molecular weight is 699 g/mol. The molecule has 4 aromatic rings. The van der Waals surface area contributed by atoms with Crippen molar-refractivity contribution in [3.63, 3.8) is 0 Å². The summed E-state index contributed by atoms with van der Waals surface area (Å²) >= 11 is 12.7. The summed E-state index contributed by atoms with van der Waals surface area (Å²) in [6.45, 7) is 4.05. The number of unbranched alkanes of at least 4 members (excludes halogenated alkanes) is 1. The van der Waals surface area contributed by atoms with Crippen LogP contribution in [0.5, 0.6) is 5.75 Å². The number of imidazole rings is 1. The summed E-state index contributed by atoms with van der Waals surface area (Å²) in [7, 11) is 0. The van der Waals surface area contributed by atoms with Crippen LogP contribution in [-0.4, -0.2) is 71.4 Å². The number of nitrogens with zero attached hydrogens (tertiary/aromatic N) is 6. The zero-order valence-corrected chi connectivity index (χ0v) is 26.5. The molecule has 1 aliphatic rings. The normalized spacial score (nSPS) is 16.4. The van der Waals surface area contributed by atoms with E-state index in [4.69, 9.17) is 68.1 Å². The van der Waals surface area contributed by atoms with E-state index >= 15 is 0 Å². The minimum atomic E-state index is -1.50. The fourth-order valence-corrected chi connectivity index (χ4v) is 4.82. The molecule has 2 atom stereocenters. The molecule has 5 rings (SSSR count). The molecule has 2 aromatic carbocycles. The van der Waals surface area contributed by atoms with Crippen LogP contribution in [0.1, 0.15) is 25.3 Å². The number of hydrogen-bond donors (Lipinski definition) is 3. The third kappa shape index (κ3) is 12.5. The largest absolute Gasteiger partial charge is 0.491 e. The van der Waals surface area contributed by atoms with Crippen LogP contribution in [0.4, 0.5) is 5.95 Å². The molecule has 1 saturated heterocycles. The maximum atomic E-state index is 8.36. The van der Waals surface area contributed by atoms with Crippen LogP contribution in [0, 0.1) is 20.2 Å². The third-order valence-corrected chi connectivity index (χ3v) is 6.75. The van der Waals surface area contributed by atoms with E-state index in [1.807, 2.05) is 47.2 Å². The molecule has 17 nitrogen and oxygen atoms in total. The Labute approximate surface area is 278 Å². The SMILES string of the molecule is CCCCNc1nccc(-c2ccc(OCC3COC(Cn4ccnc4)(c4ccc(Cl)cc4Cl)O3)cc2)n1.O.O=[N+]([O-])O.O=[N+]([O-])O. The quantitative estimate of drug-likeness (QED) is 0.110. The van der Waals surface area contributed by atoms with Crippen LogP contribution < -0.4 is 10.1 Å². The van der Waals surface area contributed by atoms with Crippen LogP contribution in [0.3, 0.4) is 0 Å². The zero-order valence-electron chi connectivity index (χ0n) is 24.9. The van der Waals surface area contributed by atoms with E-state index in [1.165, 1.54) is 0 Å². The number of ether oxygens (including phenoxy) is 3. The van der Waals surface area contributed by atoms with Gasteiger partial charge in [0.05, 0.1) is 30.2 Å². The predicted molar refractivity (Wildman–Crippen MR) is 169 cm³/mol. The van der Waals surface area contributed by atoms with Crippen LogP contribution in [-0.2, 0) is 21.8 Å². The lowest BCUT2D eigenvalue weighted by atomic mass is 10.1. The molecule has 1 aliphatic heterocycles. The number of anilines is 1. The Morgan fingerprint density at radius 1 is 1.11 bits per heavy atom. The summed E-state index contributed by atoms with van der Waals surface area (Å²) in [4.78, 5) is 29.8. The van der Waals surface area contributed by atoms with E-state index in [-0.39, 0.29) is 11.6 Å². The Morgan fingerprint density at radius 2 is 1.81 bits per heavy atom. The maximum Gasteiger partial charge on any atom is 0.291 e. The van der Waals surface area contributed by atoms with E-state index in [0.29, 0.717) is 41.3 Å². The molecule has 0 aliphatic carbocycles. The van der Waals surface area contributed by atoms with E-state index in [0.717, 1.165) is 36.4 Å². The van der Waals surface area contributed by atoms with Crippen molar-refractivity contribution in [2.45, 2.75) is 38.2 Å². The highest BCUT2D eigenvalue weighted by Gasteiger charge is 2.45. The van der Waals surface area contributed by atoms with Crippen LogP contribution in [0.25, 0.3) is 11.3 Å². The molecule has 5 N–H and O–H groups in total. The highest BCUT2D eigenvalue weighted by molar-refractivity contribution is 6.35. The van der Waals surface area contributed by atoms with Gasteiger partial charge in [-0.15, -0.1) is 20.2 Å². The van der Waals surface area contributed by atoms with Crippen molar-refractivity contribution < 1.29 is 40.3 Å². The first-order chi connectivity index (χ1) is 22.0. The molecule has 0 spiro atoms. The summed E-state index contributed by atoms with van der Waals surface area (Å²) in [5.41, 5.74) is 2.54. The van der Waals surface area contributed by atoms with Gasteiger partial charge in [-0.3, -0.25) is 0 Å². The van der Waals surface area contributed by atoms with Gasteiger partial charge < -0.3 is 40.0 Å². The van der Waals surface area contributed by atoms with Gasteiger partial charge in [-0.25, -0.2) is 15.0 Å². The number of benzene rings is 2. The minimum absolute atomic E-state index is 0. The van der Waals surface area contributed by atoms with E-state index < -0.39 is 16.0 Å². The lowest BCUT2D eigenvalue weighted by molar-refractivity contribution is -0.742. The standard InChI is InChI=1S/C28H29Cl2N5O3.2HNO3.H2O/c1-2-3-11-32-27-33-12-10-26(34-27)20-4-7-22(8-5-20)36-16-23-17-37-28(38-23,18-35-14-13-31-19-35)24-9-6-21(29)15-25(24)30;2*2-1(3)4;/h4-10,12-15,19,23H,2-3,11,16-18H2,1H3,(H,32,33,34);2*(H,2,3,4);1H2. The van der Waals surface area contributed by atoms with Gasteiger partial charge in [0, 0.05) is 41.3 Å². The van der Waals surface area contributed by atoms with Crippen molar-refractivity contribution in [2.75, 3.05) is 25.1 Å². The molecule has 47 heavy (non-hydrogen) atoms. The Hall–Kier alpha value is -4.81. The number of nitrogens with one attached hydrogen (secondary N) is 1. The van der Waals surface area contributed by atoms with Gasteiger partial charge in [0.25, 0.3) is 10.2 Å². The molecular weight excluding hydrogens is 665 g/mol. The molecule has 0 amide bonds. The zero-order chi connectivity index (χ0) is 33.5. The second-order valence-corrected chi connectivity index (χ2v) is 10.4. The highest BCUT2D eigenvalue weighted by Crippen LogP contribution is 2.40. The second kappa shape index (κ2) is 19.0. The molecule has 0 radical (unpaired) electrons. The molecule has 254 valence electrons. The molecule has 19 heteroatoms. The van der Waals surface area contributed by atoms with Gasteiger partial charge >= 0.3 is 0 Å². The van der Waals surface area contributed by atoms with Crippen molar-refractivity contribution in [2.24, 2.45) is 0 Å². The first kappa shape index (κ1) is 38.4. The van der Waals surface area contributed by atoms with Gasteiger partial charge in [-0.05, 0) is 48.9 Å². The van der Waals surface area contributed by atoms with Gasteiger partial charge in [-0.2, -0.15) is 0 Å². The van der Waals surface area contributed by atoms with Crippen molar-refractivity contribution in [1.29, 1.82) is 0 Å². The Morgan fingerprint density at radius 3 is 2.43 bits per heavy atom. The molecule has 2 aromatic heterocycles. The maximum absolute atomic E-state index is 8.36. The van der Waals surface area contributed by atoms with Gasteiger partial charge in [0.2, 0.25) is 11.7 Å². The number of halogens is 2. The fourth-order valence-electron chi connectivity index (χ4n) is 4.27. The Balaban J connectivity index is 0.000000769. The molecule has 2 unspecified atom stereocenters. The second-order valence-electron chi connectivity index (χ2n) is 9.52. The average Bonchev–Trinajstić information content (AvgIpc) is 3.67. The fraction of sp³-hybridized carbons (Fsp3) is 0.321. The molecule has 0 bridgehead atoms. The topological polar surface area (TPSA) is 242 Å². The number of hydrogen-bond acceptors (Lipinski definition) is 11. The van der Waals surface area contributed by atoms with Crippen molar-refractivity contribution in [1.82, 2.24) is 19.5 Å². The van der Waals surface area contributed by atoms with Crippen molar-refractivity contribution >= 4 is 29.2 Å². The Bertz CT molecular complexity index is 1530. The van der Waals surface area contributed by atoms with Crippen LogP contribution >= 0.6 is 23.2 Å². The number of rotatable bonds is 11. The summed E-state index contributed by atoms with van der Waals surface area (Å²) < 4.78 is 20.7. The van der Waals surface area contributed by atoms with E-state index in [1.54, 1.807) is 30.9 Å². The first-order valence-corrected chi connectivity index (χ1v) is 14.5. The monoisotopic (exact) mass is 697 g/mol. The van der Waals surface area contributed by atoms with Crippen LogP contribution in [0.15, 0.2) is 73.4 Å². The summed E-state index contributed by atoms with van der Waals surface area (Å²) in [5, 5.41) is 31.6. The lowest BCUT2D eigenvalue weighted by Crippen LogP contribution is -2.34. The molecule has 1 fully saturated rings. The van der Waals surface area contributed by atoms with Gasteiger partial charge in [0.1, 0.15) is 18.5 Å². The first-order valence-electron chi connectivity index (χ1n) is 13.7. The smallest absolute Gasteiger partial charge is 0.291 e. The van der Waals surface area contributed by atoms with E-state index in [2.05, 4.69) is 27.2 Å². The summed E-state index contributed by atoms with van der Waals surface area (Å²) in [6.07, 6.45) is 8.93. The molecule has 3 heterocycles. The highest BCUT2D eigenvalue weighted by atomic mass is 35.5. The summed E-state index contributed by atoms with van der Waals surface area (Å²) in [6, 6.07) is 15.0.